The first-order chi connectivity index (χ1) is 11.7. The van der Waals surface area contributed by atoms with Gasteiger partial charge in [-0.3, -0.25) is 10.1 Å². The van der Waals surface area contributed by atoms with Crippen molar-refractivity contribution in [2.75, 3.05) is 13.1 Å². The van der Waals surface area contributed by atoms with Crippen LogP contribution < -0.4 is 5.32 Å². The van der Waals surface area contributed by atoms with E-state index in [-0.39, 0.29) is 24.0 Å². The van der Waals surface area contributed by atoms with E-state index in [2.05, 4.69) is 54.4 Å². The number of fused-ring (bicyclic) bond motifs is 3. The second kappa shape index (κ2) is 6.10. The first-order valence-corrected chi connectivity index (χ1v) is 8.91. The fourth-order valence-electron chi connectivity index (χ4n) is 4.02. The van der Waals surface area contributed by atoms with Gasteiger partial charge in [-0.1, -0.05) is 18.2 Å². The first-order valence-electron chi connectivity index (χ1n) is 8.91. The molecule has 3 atom stereocenters. The van der Waals surface area contributed by atoms with Gasteiger partial charge in [0.15, 0.2) is 5.78 Å². The minimum absolute atomic E-state index is 0.0388. The van der Waals surface area contributed by atoms with Gasteiger partial charge in [0.1, 0.15) is 11.9 Å². The summed E-state index contributed by atoms with van der Waals surface area (Å²) in [5.74, 6) is 0.890. The molecule has 0 amide bonds. The Labute approximate surface area is 143 Å². The van der Waals surface area contributed by atoms with E-state index < -0.39 is 0 Å². The molecule has 4 rings (SSSR count). The van der Waals surface area contributed by atoms with Crippen LogP contribution in [-0.2, 0) is 9.53 Å². The largest absolute Gasteiger partial charge is 0.486 e. The van der Waals surface area contributed by atoms with Gasteiger partial charge in [0.25, 0.3) is 0 Å². The second-order valence-corrected chi connectivity index (χ2v) is 6.63. The molecule has 0 saturated carbocycles. The summed E-state index contributed by atoms with van der Waals surface area (Å²) in [6, 6.07) is 0.191. The smallest absolute Gasteiger partial charge is 0.185 e. The lowest BCUT2D eigenvalue weighted by atomic mass is 9.82. The Balaban J connectivity index is 1.60. The molecule has 1 saturated heterocycles. The molecule has 3 unspecified atom stereocenters. The lowest BCUT2D eigenvalue weighted by Gasteiger charge is -2.42. The molecule has 4 aliphatic rings. The van der Waals surface area contributed by atoms with Gasteiger partial charge < -0.3 is 9.64 Å². The number of ether oxygens (including phenoxy) is 1. The van der Waals surface area contributed by atoms with Crippen LogP contribution in [0.1, 0.15) is 26.7 Å². The standard InChI is InChI=1S/C20H24N2O2/c1-3-22(4-2)13-9-10-16-18(11-13)24-19-12-17(23)14-7-5-6-8-15(14)20(19)21-16/h5-6,9-12,16,18,20-21H,3-4,7-8H2,1-2H3. The topological polar surface area (TPSA) is 41.6 Å². The molecule has 1 N–H and O–H groups in total. The van der Waals surface area contributed by atoms with Gasteiger partial charge in [-0.25, -0.2) is 0 Å². The van der Waals surface area contributed by atoms with Crippen molar-refractivity contribution in [3.05, 3.63) is 59.1 Å². The molecule has 24 heavy (non-hydrogen) atoms. The fourth-order valence-corrected chi connectivity index (χ4v) is 4.02. The quantitative estimate of drug-likeness (QED) is 0.810. The highest BCUT2D eigenvalue weighted by atomic mass is 16.5. The molecular formula is C20H24N2O2. The molecule has 0 aromatic rings. The Morgan fingerprint density at radius 1 is 1.25 bits per heavy atom. The van der Waals surface area contributed by atoms with Crippen LogP contribution in [0.2, 0.25) is 0 Å². The van der Waals surface area contributed by atoms with Crippen LogP contribution in [0, 0.1) is 0 Å². The number of carbonyl (C=O) groups excluding carboxylic acids is 1. The Kier molecular flexibility index (Phi) is 3.93. The van der Waals surface area contributed by atoms with Crippen molar-refractivity contribution in [1.29, 1.82) is 0 Å². The van der Waals surface area contributed by atoms with Crippen LogP contribution in [0.5, 0.6) is 0 Å². The Bertz CT molecular complexity index is 707. The van der Waals surface area contributed by atoms with E-state index in [1.807, 2.05) is 0 Å². The molecule has 1 aliphatic heterocycles. The summed E-state index contributed by atoms with van der Waals surface area (Å²) in [4.78, 5) is 14.7. The highest BCUT2D eigenvalue weighted by Gasteiger charge is 2.39. The summed E-state index contributed by atoms with van der Waals surface area (Å²) in [7, 11) is 0. The normalized spacial score (nSPS) is 30.8. The third kappa shape index (κ3) is 2.46. The molecule has 3 aliphatic carbocycles. The van der Waals surface area contributed by atoms with Crippen molar-refractivity contribution >= 4 is 5.78 Å². The number of ketones is 1. The molecule has 1 fully saturated rings. The van der Waals surface area contributed by atoms with E-state index in [4.69, 9.17) is 4.74 Å². The summed E-state index contributed by atoms with van der Waals surface area (Å²) in [5.41, 5.74) is 3.33. The van der Waals surface area contributed by atoms with Crippen molar-refractivity contribution in [3.8, 4) is 0 Å². The van der Waals surface area contributed by atoms with Gasteiger partial charge in [0, 0.05) is 30.4 Å². The maximum atomic E-state index is 12.4. The minimum atomic E-state index is -0.0535. The van der Waals surface area contributed by atoms with E-state index in [0.29, 0.717) is 0 Å². The fraction of sp³-hybridized carbons (Fsp3) is 0.450. The van der Waals surface area contributed by atoms with Crippen molar-refractivity contribution in [2.45, 2.75) is 44.9 Å². The minimum Gasteiger partial charge on any atom is -0.486 e. The Morgan fingerprint density at radius 3 is 2.83 bits per heavy atom. The van der Waals surface area contributed by atoms with Gasteiger partial charge in [-0.2, -0.15) is 0 Å². The van der Waals surface area contributed by atoms with Crippen molar-refractivity contribution in [2.24, 2.45) is 0 Å². The summed E-state index contributed by atoms with van der Waals surface area (Å²) in [5, 5.41) is 3.69. The number of morpholine rings is 1. The zero-order chi connectivity index (χ0) is 16.7. The van der Waals surface area contributed by atoms with Crippen LogP contribution in [-0.4, -0.2) is 42.0 Å². The summed E-state index contributed by atoms with van der Waals surface area (Å²) in [6.45, 7) is 6.27. The number of carbonyl (C=O) groups is 1. The van der Waals surface area contributed by atoms with Crippen LogP contribution in [0.15, 0.2) is 59.1 Å². The summed E-state index contributed by atoms with van der Waals surface area (Å²) >= 11 is 0. The van der Waals surface area contributed by atoms with Gasteiger partial charge in [-0.05, 0) is 44.4 Å². The number of likely N-dealkylation sites (N-methyl/N-ethyl adjacent to an activating group) is 1. The third-order valence-corrected chi connectivity index (χ3v) is 5.34. The first kappa shape index (κ1) is 15.5. The number of nitrogens with zero attached hydrogens (tertiary/aromatic N) is 1. The molecule has 0 aromatic carbocycles. The Hall–Kier alpha value is -2.07. The van der Waals surface area contributed by atoms with Crippen molar-refractivity contribution in [3.63, 3.8) is 0 Å². The molecule has 0 spiro atoms. The zero-order valence-corrected chi connectivity index (χ0v) is 14.3. The monoisotopic (exact) mass is 324 g/mol. The molecule has 1 heterocycles. The van der Waals surface area contributed by atoms with E-state index in [0.717, 1.165) is 37.3 Å². The molecule has 4 nitrogen and oxygen atoms in total. The molecule has 4 heteroatoms. The van der Waals surface area contributed by atoms with Gasteiger partial charge in [0.05, 0.1) is 12.1 Å². The average molecular weight is 324 g/mol. The number of hydrogen-bond donors (Lipinski definition) is 1. The second-order valence-electron chi connectivity index (χ2n) is 6.63. The molecule has 0 radical (unpaired) electrons. The molecule has 0 bridgehead atoms. The lowest BCUT2D eigenvalue weighted by Crippen LogP contribution is -2.54. The third-order valence-electron chi connectivity index (χ3n) is 5.34. The highest BCUT2D eigenvalue weighted by Crippen LogP contribution is 2.36. The maximum Gasteiger partial charge on any atom is 0.185 e. The summed E-state index contributed by atoms with van der Waals surface area (Å²) < 4.78 is 6.25. The molecule has 126 valence electrons. The zero-order valence-electron chi connectivity index (χ0n) is 14.3. The van der Waals surface area contributed by atoms with Crippen LogP contribution in [0.25, 0.3) is 0 Å². The number of allylic oxidation sites excluding steroid dienone is 5. The number of hydrogen-bond acceptors (Lipinski definition) is 4. The predicted octanol–water partition coefficient (Wildman–Crippen LogP) is 2.62. The van der Waals surface area contributed by atoms with Crippen LogP contribution >= 0.6 is 0 Å². The molecular weight excluding hydrogens is 300 g/mol. The van der Waals surface area contributed by atoms with Crippen molar-refractivity contribution < 1.29 is 9.53 Å². The van der Waals surface area contributed by atoms with E-state index in [1.54, 1.807) is 6.08 Å². The van der Waals surface area contributed by atoms with Gasteiger partial charge >= 0.3 is 0 Å². The average Bonchev–Trinajstić information content (AvgIpc) is 2.62. The van der Waals surface area contributed by atoms with Crippen LogP contribution in [0.4, 0.5) is 0 Å². The highest BCUT2D eigenvalue weighted by molar-refractivity contribution is 6.06. The lowest BCUT2D eigenvalue weighted by molar-refractivity contribution is -0.112. The van der Waals surface area contributed by atoms with E-state index in [1.165, 1.54) is 11.3 Å². The summed E-state index contributed by atoms with van der Waals surface area (Å²) in [6.07, 6.45) is 14.0. The van der Waals surface area contributed by atoms with Gasteiger partial charge in [0.2, 0.25) is 0 Å². The van der Waals surface area contributed by atoms with E-state index in [9.17, 15) is 4.79 Å². The maximum absolute atomic E-state index is 12.4. The SMILES string of the molecule is CCN(CC)C1=CC2OC3=CC(=O)C4=C(CC=CC4)C3NC2C=C1. The van der Waals surface area contributed by atoms with Gasteiger partial charge in [-0.15, -0.1) is 0 Å². The van der Waals surface area contributed by atoms with Crippen LogP contribution in [0.3, 0.4) is 0 Å². The van der Waals surface area contributed by atoms with Crippen molar-refractivity contribution in [1.82, 2.24) is 10.2 Å². The molecule has 0 aromatic heterocycles. The van der Waals surface area contributed by atoms with E-state index >= 15 is 0 Å². The predicted molar refractivity (Wildman–Crippen MR) is 94.2 cm³/mol. The number of rotatable bonds is 3. The number of nitrogens with one attached hydrogen (secondary N) is 1. The Morgan fingerprint density at radius 2 is 2.04 bits per heavy atom.